The Morgan fingerprint density at radius 3 is 2.56 bits per heavy atom. The van der Waals surface area contributed by atoms with Gasteiger partial charge in [0.05, 0.1) is 6.10 Å². The van der Waals surface area contributed by atoms with Crippen molar-refractivity contribution in [1.29, 1.82) is 0 Å². The monoisotopic (exact) mass is 257 g/mol. The molecule has 1 rings (SSSR count). The number of aliphatic hydroxyl groups excluding tert-OH is 1. The van der Waals surface area contributed by atoms with E-state index in [2.05, 4.69) is 22.6 Å². The van der Waals surface area contributed by atoms with Crippen molar-refractivity contribution in [3.63, 3.8) is 0 Å². The number of likely N-dealkylation sites (tertiary alicyclic amines) is 1. The average molecular weight is 257 g/mol. The van der Waals surface area contributed by atoms with Crippen LogP contribution in [0.1, 0.15) is 32.6 Å². The summed E-state index contributed by atoms with van der Waals surface area (Å²) in [4.78, 5) is 13.8. The van der Waals surface area contributed by atoms with Crippen LogP contribution in [-0.2, 0) is 0 Å². The Kier molecular flexibility index (Phi) is 7.05. The molecule has 1 fully saturated rings. The number of hydrogen-bond acceptors (Lipinski definition) is 3. The quantitative estimate of drug-likeness (QED) is 0.659. The molecule has 106 valence electrons. The molecule has 0 aromatic heterocycles. The molecule has 1 aliphatic rings. The second-order valence-electron chi connectivity index (χ2n) is 5.36. The molecule has 0 aromatic carbocycles. The molecule has 1 aliphatic heterocycles. The largest absolute Gasteiger partial charge is 0.393 e. The van der Waals surface area contributed by atoms with Crippen molar-refractivity contribution in [2.75, 3.05) is 33.2 Å². The van der Waals surface area contributed by atoms with Crippen molar-refractivity contribution in [2.24, 2.45) is 5.92 Å². The highest BCUT2D eigenvalue weighted by Crippen LogP contribution is 2.18. The lowest BCUT2D eigenvalue weighted by molar-refractivity contribution is 0.183. The van der Waals surface area contributed by atoms with Crippen LogP contribution in [0.2, 0.25) is 0 Å². The number of piperidine rings is 1. The summed E-state index contributed by atoms with van der Waals surface area (Å²) in [6, 6.07) is -0.122. The highest BCUT2D eigenvalue weighted by molar-refractivity contribution is 5.73. The lowest BCUT2D eigenvalue weighted by atomic mass is 9.94. The van der Waals surface area contributed by atoms with E-state index in [1.165, 1.54) is 25.9 Å². The maximum absolute atomic E-state index is 11.4. The summed E-state index contributed by atoms with van der Waals surface area (Å²) in [6.45, 7) is 5.34. The molecule has 5 heteroatoms. The maximum Gasteiger partial charge on any atom is 0.314 e. The standard InChI is InChI=1S/C13H27N3O2/c1-11(17)3-7-14-13(18)15-8-4-12-5-9-16(2)10-6-12/h11-12,17H,3-10H2,1-2H3,(H2,14,15,18). The molecule has 0 bridgehead atoms. The van der Waals surface area contributed by atoms with Crippen LogP contribution in [0.5, 0.6) is 0 Å². The summed E-state index contributed by atoms with van der Waals surface area (Å²) < 4.78 is 0. The molecular weight excluding hydrogens is 230 g/mol. The van der Waals surface area contributed by atoms with Crippen LogP contribution in [0.25, 0.3) is 0 Å². The first kappa shape index (κ1) is 15.2. The van der Waals surface area contributed by atoms with E-state index in [4.69, 9.17) is 5.11 Å². The second-order valence-corrected chi connectivity index (χ2v) is 5.36. The lowest BCUT2D eigenvalue weighted by Crippen LogP contribution is -2.38. The molecule has 0 aliphatic carbocycles. The van der Waals surface area contributed by atoms with Gasteiger partial charge in [-0.3, -0.25) is 0 Å². The summed E-state index contributed by atoms with van der Waals surface area (Å²) in [6.07, 6.45) is 3.79. The van der Waals surface area contributed by atoms with Gasteiger partial charge in [-0.25, -0.2) is 4.79 Å². The number of nitrogens with one attached hydrogen (secondary N) is 2. The fourth-order valence-corrected chi connectivity index (χ4v) is 2.20. The van der Waals surface area contributed by atoms with E-state index in [1.54, 1.807) is 6.92 Å². The van der Waals surface area contributed by atoms with Crippen LogP contribution in [-0.4, -0.2) is 55.4 Å². The van der Waals surface area contributed by atoms with E-state index in [-0.39, 0.29) is 12.1 Å². The Labute approximate surface area is 110 Å². The Balaban J connectivity index is 1.98. The summed E-state index contributed by atoms with van der Waals surface area (Å²) in [7, 11) is 2.16. The molecule has 0 saturated carbocycles. The molecular formula is C13H27N3O2. The zero-order chi connectivity index (χ0) is 13.4. The van der Waals surface area contributed by atoms with Crippen molar-refractivity contribution in [3.05, 3.63) is 0 Å². The van der Waals surface area contributed by atoms with Crippen LogP contribution in [0, 0.1) is 5.92 Å². The van der Waals surface area contributed by atoms with Crippen LogP contribution in [0.3, 0.4) is 0 Å². The highest BCUT2D eigenvalue weighted by Gasteiger charge is 2.16. The topological polar surface area (TPSA) is 64.6 Å². The SMILES string of the molecule is CC(O)CCNC(=O)NCCC1CCN(C)CC1. The first-order chi connectivity index (χ1) is 8.58. The summed E-state index contributed by atoms with van der Waals surface area (Å²) in [5.41, 5.74) is 0. The van der Waals surface area contributed by atoms with Gasteiger partial charge in [0.25, 0.3) is 0 Å². The molecule has 18 heavy (non-hydrogen) atoms. The summed E-state index contributed by atoms with van der Waals surface area (Å²) in [5, 5.41) is 14.7. The minimum absolute atomic E-state index is 0.122. The van der Waals surface area contributed by atoms with Crippen LogP contribution < -0.4 is 10.6 Å². The normalized spacial score (nSPS) is 19.5. The zero-order valence-electron chi connectivity index (χ0n) is 11.6. The minimum Gasteiger partial charge on any atom is -0.393 e. The van der Waals surface area contributed by atoms with E-state index >= 15 is 0 Å². The van der Waals surface area contributed by atoms with Gasteiger partial charge in [-0.15, -0.1) is 0 Å². The number of aliphatic hydroxyl groups is 1. The summed E-state index contributed by atoms with van der Waals surface area (Å²) in [5.74, 6) is 0.749. The van der Waals surface area contributed by atoms with Crippen molar-refractivity contribution in [2.45, 2.75) is 38.7 Å². The minimum atomic E-state index is -0.357. The molecule has 0 aromatic rings. The number of amides is 2. The van der Waals surface area contributed by atoms with Crippen LogP contribution in [0.15, 0.2) is 0 Å². The van der Waals surface area contributed by atoms with Crippen molar-refractivity contribution in [3.8, 4) is 0 Å². The maximum atomic E-state index is 11.4. The second kappa shape index (κ2) is 8.32. The number of carbonyl (C=O) groups excluding carboxylic acids is 1. The third-order valence-corrected chi connectivity index (χ3v) is 3.52. The number of hydrogen-bond donors (Lipinski definition) is 3. The van der Waals surface area contributed by atoms with Crippen molar-refractivity contribution < 1.29 is 9.90 Å². The molecule has 1 saturated heterocycles. The first-order valence-corrected chi connectivity index (χ1v) is 6.96. The Morgan fingerprint density at radius 2 is 1.94 bits per heavy atom. The Hall–Kier alpha value is -0.810. The number of nitrogens with zero attached hydrogens (tertiary/aromatic N) is 1. The molecule has 1 atom stereocenters. The van der Waals surface area contributed by atoms with E-state index in [0.717, 1.165) is 18.9 Å². The van der Waals surface area contributed by atoms with Crippen LogP contribution >= 0.6 is 0 Å². The predicted molar refractivity (Wildman–Crippen MR) is 72.5 cm³/mol. The first-order valence-electron chi connectivity index (χ1n) is 6.96. The lowest BCUT2D eigenvalue weighted by Gasteiger charge is -2.28. The molecule has 1 unspecified atom stereocenters. The van der Waals surface area contributed by atoms with Gasteiger partial charge in [-0.05, 0) is 58.7 Å². The fourth-order valence-electron chi connectivity index (χ4n) is 2.20. The zero-order valence-corrected chi connectivity index (χ0v) is 11.6. The van der Waals surface area contributed by atoms with E-state index in [0.29, 0.717) is 13.0 Å². The van der Waals surface area contributed by atoms with Gasteiger partial charge in [0.1, 0.15) is 0 Å². The smallest absolute Gasteiger partial charge is 0.314 e. The van der Waals surface area contributed by atoms with E-state index in [9.17, 15) is 4.79 Å². The van der Waals surface area contributed by atoms with Gasteiger partial charge < -0.3 is 20.6 Å². The van der Waals surface area contributed by atoms with Crippen molar-refractivity contribution in [1.82, 2.24) is 15.5 Å². The van der Waals surface area contributed by atoms with E-state index in [1.807, 2.05) is 0 Å². The van der Waals surface area contributed by atoms with Gasteiger partial charge >= 0.3 is 6.03 Å². The molecule has 0 spiro atoms. The fraction of sp³-hybridized carbons (Fsp3) is 0.923. The Bertz CT molecular complexity index is 238. The molecule has 0 radical (unpaired) electrons. The Morgan fingerprint density at radius 1 is 1.33 bits per heavy atom. The molecule has 3 N–H and O–H groups in total. The predicted octanol–water partition coefficient (Wildman–Crippen LogP) is 0.788. The van der Waals surface area contributed by atoms with Gasteiger partial charge in [-0.2, -0.15) is 0 Å². The van der Waals surface area contributed by atoms with E-state index < -0.39 is 0 Å². The number of urea groups is 1. The molecule has 5 nitrogen and oxygen atoms in total. The third kappa shape index (κ3) is 6.81. The highest BCUT2D eigenvalue weighted by atomic mass is 16.3. The van der Waals surface area contributed by atoms with Gasteiger partial charge in [0.2, 0.25) is 0 Å². The van der Waals surface area contributed by atoms with Gasteiger partial charge in [0.15, 0.2) is 0 Å². The van der Waals surface area contributed by atoms with Gasteiger partial charge in [0, 0.05) is 13.1 Å². The van der Waals surface area contributed by atoms with Crippen LogP contribution in [0.4, 0.5) is 4.79 Å². The van der Waals surface area contributed by atoms with Gasteiger partial charge in [-0.1, -0.05) is 0 Å². The molecule has 1 heterocycles. The summed E-state index contributed by atoms with van der Waals surface area (Å²) >= 11 is 0. The number of carbonyl (C=O) groups is 1. The van der Waals surface area contributed by atoms with Crippen molar-refractivity contribution >= 4 is 6.03 Å². The average Bonchev–Trinajstić information content (AvgIpc) is 2.31. The molecule has 2 amide bonds. The third-order valence-electron chi connectivity index (χ3n) is 3.52. The number of rotatable bonds is 6.